The van der Waals surface area contributed by atoms with E-state index in [0.29, 0.717) is 12.1 Å². The lowest BCUT2D eigenvalue weighted by Gasteiger charge is -2.35. The lowest BCUT2D eigenvalue weighted by molar-refractivity contribution is -0.915. The maximum absolute atomic E-state index is 12.9. The van der Waals surface area contributed by atoms with Gasteiger partial charge in [0, 0.05) is 10.7 Å². The molecule has 2 aliphatic rings. The molecule has 1 atom stereocenters. The van der Waals surface area contributed by atoms with Crippen LogP contribution in [0.3, 0.4) is 0 Å². The van der Waals surface area contributed by atoms with Crippen molar-refractivity contribution in [1.29, 1.82) is 0 Å². The number of piperazine rings is 1. The number of quaternary nitrogens is 1. The summed E-state index contributed by atoms with van der Waals surface area (Å²) < 4.78 is 0. The monoisotopic (exact) mass is 370 g/mol. The number of imide groups is 1. The Hall–Kier alpha value is -2.37. The second kappa shape index (κ2) is 7.09. The highest BCUT2D eigenvalue weighted by Gasteiger charge is 2.46. The smallest absolute Gasteiger partial charge is 0.292 e. The van der Waals surface area contributed by atoms with Gasteiger partial charge in [-0.05, 0) is 36.4 Å². The first kappa shape index (κ1) is 17.1. The largest absolute Gasteiger partial charge is 0.360 e. The molecule has 2 fully saturated rings. The molecule has 2 amide bonds. The standard InChI is InChI=1S/C20H20ClN3O2/c21-15-6-8-16(9-7-15)22-10-12-23(13-11-22)18-14-19(25)24(20(18)26)17-4-2-1-3-5-17/h1-9,18H,10-14H2/p+1/t18-/m1/s1. The van der Waals surface area contributed by atoms with E-state index in [0.717, 1.165) is 36.9 Å². The topological polar surface area (TPSA) is 45.1 Å². The average Bonchev–Trinajstić information content (AvgIpc) is 2.97. The fraction of sp³-hybridized carbons (Fsp3) is 0.300. The zero-order valence-electron chi connectivity index (χ0n) is 14.4. The summed E-state index contributed by atoms with van der Waals surface area (Å²) in [5, 5.41) is 0.731. The molecular formula is C20H21ClN3O2+. The lowest BCUT2D eigenvalue weighted by atomic mass is 10.1. The Kier molecular flexibility index (Phi) is 4.66. The molecular weight excluding hydrogens is 350 g/mol. The maximum Gasteiger partial charge on any atom is 0.292 e. The Morgan fingerprint density at radius 3 is 2.19 bits per heavy atom. The van der Waals surface area contributed by atoms with Crippen molar-refractivity contribution in [3.8, 4) is 0 Å². The number of anilines is 2. The van der Waals surface area contributed by atoms with Gasteiger partial charge in [-0.3, -0.25) is 9.59 Å². The number of hydrogen-bond acceptors (Lipinski definition) is 3. The van der Waals surface area contributed by atoms with Gasteiger partial charge in [0.2, 0.25) is 5.91 Å². The third-order valence-corrected chi connectivity index (χ3v) is 5.50. The maximum atomic E-state index is 12.9. The SMILES string of the molecule is O=C1C[C@@H]([NH+]2CCN(c3ccc(Cl)cc3)CC2)C(=O)N1c1ccccc1. The quantitative estimate of drug-likeness (QED) is 0.830. The van der Waals surface area contributed by atoms with Gasteiger partial charge < -0.3 is 9.80 Å². The van der Waals surface area contributed by atoms with E-state index >= 15 is 0 Å². The van der Waals surface area contributed by atoms with Crippen molar-refractivity contribution < 1.29 is 14.5 Å². The first-order chi connectivity index (χ1) is 12.6. The van der Waals surface area contributed by atoms with Crippen LogP contribution in [0.5, 0.6) is 0 Å². The van der Waals surface area contributed by atoms with E-state index in [2.05, 4.69) is 4.90 Å². The number of rotatable bonds is 3. The zero-order valence-corrected chi connectivity index (χ0v) is 15.2. The number of para-hydroxylation sites is 1. The summed E-state index contributed by atoms with van der Waals surface area (Å²) in [5.41, 5.74) is 1.82. The van der Waals surface area contributed by atoms with Crippen LogP contribution >= 0.6 is 11.6 Å². The first-order valence-corrected chi connectivity index (χ1v) is 9.28. The highest BCUT2D eigenvalue weighted by atomic mass is 35.5. The van der Waals surface area contributed by atoms with Crippen molar-refractivity contribution in [3.63, 3.8) is 0 Å². The van der Waals surface area contributed by atoms with E-state index in [4.69, 9.17) is 11.6 Å². The molecule has 2 aromatic rings. The van der Waals surface area contributed by atoms with Crippen molar-refractivity contribution >= 4 is 34.8 Å². The molecule has 5 nitrogen and oxygen atoms in total. The summed E-state index contributed by atoms with van der Waals surface area (Å²) >= 11 is 5.96. The van der Waals surface area contributed by atoms with E-state index in [1.807, 2.05) is 54.6 Å². The van der Waals surface area contributed by atoms with Gasteiger partial charge >= 0.3 is 0 Å². The second-order valence-corrected chi connectivity index (χ2v) is 7.22. The van der Waals surface area contributed by atoms with Gasteiger partial charge in [0.15, 0.2) is 6.04 Å². The number of carbonyl (C=O) groups excluding carboxylic acids is 2. The Balaban J connectivity index is 1.42. The Morgan fingerprint density at radius 1 is 0.885 bits per heavy atom. The van der Waals surface area contributed by atoms with Crippen LogP contribution in [0.15, 0.2) is 54.6 Å². The van der Waals surface area contributed by atoms with Crippen molar-refractivity contribution in [2.45, 2.75) is 12.5 Å². The Labute approximate surface area is 157 Å². The third kappa shape index (κ3) is 3.20. The fourth-order valence-electron chi connectivity index (χ4n) is 3.85. The normalized spacial score (nSPS) is 21.5. The molecule has 0 aliphatic carbocycles. The molecule has 134 valence electrons. The van der Waals surface area contributed by atoms with Crippen LogP contribution < -0.4 is 14.7 Å². The molecule has 26 heavy (non-hydrogen) atoms. The van der Waals surface area contributed by atoms with E-state index in [-0.39, 0.29) is 17.9 Å². The molecule has 2 aliphatic heterocycles. The van der Waals surface area contributed by atoms with E-state index in [1.54, 1.807) is 0 Å². The van der Waals surface area contributed by atoms with Crippen LogP contribution in [-0.2, 0) is 9.59 Å². The molecule has 0 unspecified atom stereocenters. The number of hydrogen-bond donors (Lipinski definition) is 1. The molecule has 0 spiro atoms. The number of benzene rings is 2. The second-order valence-electron chi connectivity index (χ2n) is 6.78. The van der Waals surface area contributed by atoms with Gasteiger partial charge in [0.25, 0.3) is 5.91 Å². The van der Waals surface area contributed by atoms with Gasteiger partial charge in [-0.25, -0.2) is 4.90 Å². The summed E-state index contributed by atoms with van der Waals surface area (Å²) in [5.74, 6) is -0.171. The van der Waals surface area contributed by atoms with Crippen molar-refractivity contribution in [2.75, 3.05) is 36.0 Å². The molecule has 0 radical (unpaired) electrons. The van der Waals surface area contributed by atoms with Gasteiger partial charge in [0.1, 0.15) is 0 Å². The van der Waals surface area contributed by atoms with Gasteiger partial charge in [-0.2, -0.15) is 0 Å². The van der Waals surface area contributed by atoms with Crippen LogP contribution in [0.25, 0.3) is 0 Å². The fourth-order valence-corrected chi connectivity index (χ4v) is 3.98. The van der Waals surface area contributed by atoms with Crippen molar-refractivity contribution in [3.05, 3.63) is 59.6 Å². The summed E-state index contributed by atoms with van der Waals surface area (Å²) in [4.78, 5) is 30.1. The van der Waals surface area contributed by atoms with Crippen LogP contribution in [-0.4, -0.2) is 44.0 Å². The Morgan fingerprint density at radius 2 is 1.54 bits per heavy atom. The average molecular weight is 371 g/mol. The predicted octanol–water partition coefficient (Wildman–Crippen LogP) is 1.38. The van der Waals surface area contributed by atoms with Gasteiger partial charge in [-0.15, -0.1) is 0 Å². The number of amides is 2. The molecule has 6 heteroatoms. The first-order valence-electron chi connectivity index (χ1n) is 8.90. The molecule has 2 saturated heterocycles. The van der Waals surface area contributed by atoms with Crippen LogP contribution in [0.2, 0.25) is 5.02 Å². The summed E-state index contributed by atoms with van der Waals surface area (Å²) in [6.07, 6.45) is 0.296. The molecule has 2 aromatic carbocycles. The highest BCUT2D eigenvalue weighted by molar-refractivity contribution is 6.30. The van der Waals surface area contributed by atoms with Crippen molar-refractivity contribution in [1.82, 2.24) is 0 Å². The van der Waals surface area contributed by atoms with E-state index in [1.165, 1.54) is 9.80 Å². The van der Waals surface area contributed by atoms with Crippen molar-refractivity contribution in [2.24, 2.45) is 0 Å². The third-order valence-electron chi connectivity index (χ3n) is 5.25. The number of nitrogens with one attached hydrogen (secondary N) is 1. The molecule has 2 heterocycles. The number of halogens is 1. The molecule has 0 bridgehead atoms. The molecule has 1 N–H and O–H groups in total. The van der Waals surface area contributed by atoms with Gasteiger partial charge in [-0.1, -0.05) is 29.8 Å². The number of carbonyl (C=O) groups is 2. The van der Waals surface area contributed by atoms with Crippen LogP contribution in [0.1, 0.15) is 6.42 Å². The van der Waals surface area contributed by atoms with Gasteiger partial charge in [0.05, 0.1) is 38.3 Å². The lowest BCUT2D eigenvalue weighted by Crippen LogP contribution is -3.19. The molecule has 4 rings (SSSR count). The van der Waals surface area contributed by atoms with E-state index in [9.17, 15) is 9.59 Å². The highest BCUT2D eigenvalue weighted by Crippen LogP contribution is 2.22. The molecule has 0 aromatic heterocycles. The van der Waals surface area contributed by atoms with Crippen LogP contribution in [0, 0.1) is 0 Å². The zero-order chi connectivity index (χ0) is 18.1. The summed E-state index contributed by atoms with van der Waals surface area (Å²) in [6.45, 7) is 3.41. The van der Waals surface area contributed by atoms with E-state index < -0.39 is 0 Å². The minimum atomic E-state index is -0.268. The predicted molar refractivity (Wildman–Crippen MR) is 102 cm³/mol. The van der Waals surface area contributed by atoms with Crippen LogP contribution in [0.4, 0.5) is 11.4 Å². The molecule has 0 saturated carbocycles. The minimum Gasteiger partial charge on any atom is -0.360 e. The number of nitrogens with zero attached hydrogens (tertiary/aromatic N) is 2. The minimum absolute atomic E-state index is 0.0730. The Bertz CT molecular complexity index is 802. The summed E-state index contributed by atoms with van der Waals surface area (Å²) in [7, 11) is 0. The summed E-state index contributed by atoms with van der Waals surface area (Å²) in [6, 6.07) is 16.8.